The Hall–Kier alpha value is -1.85. The minimum absolute atomic E-state index is 0.0433. The lowest BCUT2D eigenvalue weighted by Crippen LogP contribution is -2.25. The number of ether oxygens (including phenoxy) is 1. The molecule has 6 heteroatoms. The van der Waals surface area contributed by atoms with Crippen molar-refractivity contribution in [2.75, 3.05) is 19.0 Å². The molecule has 2 aromatic rings. The van der Waals surface area contributed by atoms with Gasteiger partial charge in [-0.25, -0.2) is 0 Å². The summed E-state index contributed by atoms with van der Waals surface area (Å²) < 4.78 is 5.13. The van der Waals surface area contributed by atoms with E-state index in [0.717, 1.165) is 16.6 Å². The molecule has 1 heterocycles. The molecule has 0 bridgehead atoms. The van der Waals surface area contributed by atoms with Crippen LogP contribution in [-0.4, -0.2) is 35.8 Å². The Morgan fingerprint density at radius 1 is 1.50 bits per heavy atom. The normalized spacial score (nSPS) is 12.3. The number of hydrogen-bond acceptors (Lipinski definition) is 4. The van der Waals surface area contributed by atoms with Crippen molar-refractivity contribution in [2.45, 2.75) is 12.5 Å². The van der Waals surface area contributed by atoms with Crippen LogP contribution in [0.25, 0.3) is 10.9 Å². The monoisotopic (exact) mass is 294 g/mol. The van der Waals surface area contributed by atoms with Crippen molar-refractivity contribution in [3.05, 3.63) is 35.5 Å². The van der Waals surface area contributed by atoms with Crippen LogP contribution in [0.5, 0.6) is 0 Å². The molecular formula is C14H15ClN2O3. The van der Waals surface area contributed by atoms with Gasteiger partial charge in [-0.2, -0.15) is 0 Å². The summed E-state index contributed by atoms with van der Waals surface area (Å²) in [4.78, 5) is 14.9. The lowest BCUT2D eigenvalue weighted by Gasteiger charge is -2.16. The number of rotatable bonds is 6. The van der Waals surface area contributed by atoms with Crippen LogP contribution in [0.1, 0.15) is 6.42 Å². The van der Waals surface area contributed by atoms with Gasteiger partial charge >= 0.3 is 5.97 Å². The van der Waals surface area contributed by atoms with E-state index >= 15 is 0 Å². The molecule has 1 unspecified atom stereocenters. The van der Waals surface area contributed by atoms with Crippen molar-refractivity contribution in [1.82, 2.24) is 4.98 Å². The van der Waals surface area contributed by atoms with Crippen LogP contribution < -0.4 is 5.32 Å². The molecule has 2 rings (SSSR count). The number of anilines is 1. The fourth-order valence-corrected chi connectivity index (χ4v) is 2.10. The Bertz CT molecular complexity index is 618. The van der Waals surface area contributed by atoms with E-state index in [2.05, 4.69) is 10.3 Å². The van der Waals surface area contributed by atoms with E-state index in [1.54, 1.807) is 18.3 Å². The minimum atomic E-state index is -0.884. The number of halogens is 1. The van der Waals surface area contributed by atoms with Crippen LogP contribution in [0.4, 0.5) is 5.69 Å². The number of aliphatic carboxylic acids is 1. The summed E-state index contributed by atoms with van der Waals surface area (Å²) in [7, 11) is 1.50. The minimum Gasteiger partial charge on any atom is -0.481 e. The third kappa shape index (κ3) is 3.59. The number of aromatic nitrogens is 1. The van der Waals surface area contributed by atoms with E-state index in [9.17, 15) is 4.79 Å². The maximum Gasteiger partial charge on any atom is 0.306 e. The summed E-state index contributed by atoms with van der Waals surface area (Å²) in [6, 6.07) is 7.30. The maximum atomic E-state index is 10.7. The van der Waals surface area contributed by atoms with Gasteiger partial charge in [0.15, 0.2) is 0 Å². The van der Waals surface area contributed by atoms with Crippen LogP contribution in [0.3, 0.4) is 0 Å². The Labute approximate surface area is 121 Å². The summed E-state index contributed by atoms with van der Waals surface area (Å²) in [5, 5.41) is 13.5. The molecule has 0 aliphatic rings. The maximum absolute atomic E-state index is 10.7. The molecule has 0 saturated heterocycles. The first-order valence-electron chi connectivity index (χ1n) is 6.13. The molecule has 1 aromatic carbocycles. The van der Waals surface area contributed by atoms with Crippen molar-refractivity contribution in [1.29, 1.82) is 0 Å². The zero-order valence-electron chi connectivity index (χ0n) is 11.0. The number of benzene rings is 1. The summed E-state index contributed by atoms with van der Waals surface area (Å²) in [5.74, 6) is -0.884. The van der Waals surface area contributed by atoms with E-state index in [0.29, 0.717) is 11.6 Å². The largest absolute Gasteiger partial charge is 0.481 e. The highest BCUT2D eigenvalue weighted by Crippen LogP contribution is 2.24. The Balaban J connectivity index is 2.15. The van der Waals surface area contributed by atoms with Gasteiger partial charge in [0, 0.05) is 35.9 Å². The number of fused-ring (bicyclic) bond motifs is 1. The molecule has 5 nitrogen and oxygen atoms in total. The lowest BCUT2D eigenvalue weighted by atomic mass is 10.1. The Morgan fingerprint density at radius 3 is 3.00 bits per heavy atom. The fourth-order valence-electron chi connectivity index (χ4n) is 1.93. The zero-order chi connectivity index (χ0) is 14.5. The van der Waals surface area contributed by atoms with Crippen molar-refractivity contribution in [3.8, 4) is 0 Å². The molecule has 20 heavy (non-hydrogen) atoms. The van der Waals surface area contributed by atoms with Crippen LogP contribution in [0.15, 0.2) is 30.5 Å². The highest BCUT2D eigenvalue weighted by atomic mass is 35.5. The van der Waals surface area contributed by atoms with Crippen molar-refractivity contribution in [2.24, 2.45) is 0 Å². The molecular weight excluding hydrogens is 280 g/mol. The zero-order valence-corrected chi connectivity index (χ0v) is 11.7. The predicted octanol–water partition coefficient (Wildman–Crippen LogP) is 2.79. The molecule has 0 amide bonds. The molecule has 1 aromatic heterocycles. The number of pyridine rings is 1. The summed E-state index contributed by atoms with van der Waals surface area (Å²) in [5.41, 5.74) is 1.66. The second-order valence-corrected chi connectivity index (χ2v) is 4.79. The predicted molar refractivity (Wildman–Crippen MR) is 78.3 cm³/mol. The number of nitrogens with zero attached hydrogens (tertiary/aromatic N) is 1. The van der Waals surface area contributed by atoms with Crippen LogP contribution in [0, 0.1) is 0 Å². The fraction of sp³-hybridized carbons (Fsp3) is 0.286. The number of carbonyl (C=O) groups is 1. The number of hydrogen-bond donors (Lipinski definition) is 2. The number of nitrogens with one attached hydrogen (secondary N) is 1. The van der Waals surface area contributed by atoms with Gasteiger partial charge in [0.2, 0.25) is 0 Å². The van der Waals surface area contributed by atoms with Crippen LogP contribution in [0.2, 0.25) is 5.02 Å². The first kappa shape index (κ1) is 14.6. The lowest BCUT2D eigenvalue weighted by molar-refractivity contribution is -0.139. The van der Waals surface area contributed by atoms with Gasteiger partial charge in [-0.1, -0.05) is 11.6 Å². The summed E-state index contributed by atoms with van der Waals surface area (Å²) in [6.45, 7) is 0.407. The molecule has 0 fully saturated rings. The van der Waals surface area contributed by atoms with Crippen molar-refractivity contribution >= 4 is 34.2 Å². The van der Waals surface area contributed by atoms with Gasteiger partial charge in [-0.05, 0) is 24.3 Å². The number of methoxy groups -OCH3 is 1. The Morgan fingerprint density at radius 2 is 2.30 bits per heavy atom. The third-order valence-corrected chi connectivity index (χ3v) is 3.20. The van der Waals surface area contributed by atoms with Gasteiger partial charge in [0.1, 0.15) is 0 Å². The SMILES string of the molecule is COC(CNc1ccnc2cc(Cl)ccc12)CC(=O)O. The van der Waals surface area contributed by atoms with E-state index < -0.39 is 5.97 Å². The van der Waals surface area contributed by atoms with Gasteiger partial charge in [0.05, 0.1) is 18.0 Å². The second kappa shape index (κ2) is 6.54. The molecule has 106 valence electrons. The number of carboxylic acids is 1. The highest BCUT2D eigenvalue weighted by molar-refractivity contribution is 6.31. The molecule has 2 N–H and O–H groups in total. The molecule has 0 saturated carbocycles. The average molecular weight is 295 g/mol. The van der Waals surface area contributed by atoms with Gasteiger partial charge in [0.25, 0.3) is 0 Å². The van der Waals surface area contributed by atoms with E-state index in [4.69, 9.17) is 21.4 Å². The molecule has 0 spiro atoms. The smallest absolute Gasteiger partial charge is 0.306 e. The molecule has 0 aliphatic heterocycles. The van der Waals surface area contributed by atoms with Crippen LogP contribution >= 0.6 is 11.6 Å². The van der Waals surface area contributed by atoms with Crippen LogP contribution in [-0.2, 0) is 9.53 Å². The molecule has 0 radical (unpaired) electrons. The van der Waals surface area contributed by atoms with E-state index in [1.807, 2.05) is 12.1 Å². The third-order valence-electron chi connectivity index (χ3n) is 2.96. The molecule has 0 aliphatic carbocycles. The van der Waals surface area contributed by atoms with E-state index in [-0.39, 0.29) is 12.5 Å². The van der Waals surface area contributed by atoms with Gasteiger partial charge < -0.3 is 15.2 Å². The topological polar surface area (TPSA) is 71.5 Å². The quantitative estimate of drug-likeness (QED) is 0.857. The Kier molecular flexibility index (Phi) is 4.76. The first-order chi connectivity index (χ1) is 9.60. The van der Waals surface area contributed by atoms with Crippen molar-refractivity contribution < 1.29 is 14.6 Å². The first-order valence-corrected chi connectivity index (χ1v) is 6.50. The van der Waals surface area contributed by atoms with E-state index in [1.165, 1.54) is 7.11 Å². The summed E-state index contributed by atoms with van der Waals surface area (Å²) >= 11 is 5.93. The standard InChI is InChI=1S/C14H15ClN2O3/c1-20-10(7-14(18)19)8-17-12-4-5-16-13-6-9(15)2-3-11(12)13/h2-6,10H,7-8H2,1H3,(H,16,17)(H,18,19). The highest BCUT2D eigenvalue weighted by Gasteiger charge is 2.12. The van der Waals surface area contributed by atoms with Gasteiger partial charge in [-0.3, -0.25) is 9.78 Å². The average Bonchev–Trinajstić information content (AvgIpc) is 2.42. The number of carboxylic acid groups (broad SMARTS) is 1. The summed E-state index contributed by atoms with van der Waals surface area (Å²) in [6.07, 6.45) is 1.25. The molecule has 1 atom stereocenters. The van der Waals surface area contributed by atoms with Gasteiger partial charge in [-0.15, -0.1) is 0 Å². The van der Waals surface area contributed by atoms with Crippen molar-refractivity contribution in [3.63, 3.8) is 0 Å². The second-order valence-electron chi connectivity index (χ2n) is 4.36.